The lowest BCUT2D eigenvalue weighted by Crippen LogP contribution is -2.54. The van der Waals surface area contributed by atoms with Crippen molar-refractivity contribution in [1.82, 2.24) is 5.32 Å². The number of rotatable bonds is 5. The molecule has 1 fully saturated rings. The normalized spacial score (nSPS) is 15.0. The molecule has 3 aromatic rings. The first-order valence-electron chi connectivity index (χ1n) is 9.76. The number of hydrogen-bond donors (Lipinski definition) is 1. The van der Waals surface area contributed by atoms with E-state index >= 15 is 0 Å². The Morgan fingerprint density at radius 1 is 0.971 bits per heavy atom. The Kier molecular flexibility index (Phi) is 7.02. The lowest BCUT2D eigenvalue weighted by molar-refractivity contribution is -0.122. The molecule has 1 aliphatic rings. The summed E-state index contributed by atoms with van der Waals surface area (Å²) in [5.41, 5.74) is 1.22. The molecule has 0 saturated carbocycles. The van der Waals surface area contributed by atoms with Crippen molar-refractivity contribution in [2.24, 2.45) is 0 Å². The Morgan fingerprint density at radius 2 is 1.71 bits per heavy atom. The van der Waals surface area contributed by atoms with Gasteiger partial charge in [-0.05, 0) is 81.7 Å². The Hall–Kier alpha value is -3.20. The number of benzene rings is 3. The highest BCUT2D eigenvalue weighted by atomic mass is 79.9. The van der Waals surface area contributed by atoms with E-state index in [1.54, 1.807) is 36.4 Å². The number of urea groups is 1. The molecule has 0 spiro atoms. The number of carbonyl (C=O) groups excluding carboxylic acids is 3. The molecule has 1 saturated heterocycles. The van der Waals surface area contributed by atoms with Gasteiger partial charge in [0.1, 0.15) is 23.7 Å². The largest absolute Gasteiger partial charge is 0.488 e. The van der Waals surface area contributed by atoms with Crippen LogP contribution in [0.4, 0.5) is 14.9 Å². The zero-order valence-electron chi connectivity index (χ0n) is 17.2. The van der Waals surface area contributed by atoms with E-state index in [0.717, 1.165) is 22.6 Å². The molecular weight excluding hydrogens is 550 g/mol. The predicted octanol–water partition coefficient (Wildman–Crippen LogP) is 6.14. The van der Waals surface area contributed by atoms with Gasteiger partial charge in [0.2, 0.25) is 0 Å². The van der Waals surface area contributed by atoms with E-state index < -0.39 is 23.7 Å². The number of imide groups is 2. The van der Waals surface area contributed by atoms with Crippen LogP contribution in [-0.4, -0.2) is 17.8 Å². The summed E-state index contributed by atoms with van der Waals surface area (Å²) in [4.78, 5) is 38.3. The van der Waals surface area contributed by atoms with Gasteiger partial charge in [-0.1, -0.05) is 35.3 Å². The smallest absolute Gasteiger partial charge is 0.335 e. The average Bonchev–Trinajstić information content (AvgIpc) is 2.79. The number of nitrogens with one attached hydrogen (secondary N) is 1. The van der Waals surface area contributed by atoms with Crippen LogP contribution in [0.25, 0.3) is 6.08 Å². The summed E-state index contributed by atoms with van der Waals surface area (Å²) in [5.74, 6) is -1.65. The topological polar surface area (TPSA) is 75.7 Å². The fourth-order valence-electron chi connectivity index (χ4n) is 3.16. The van der Waals surface area contributed by atoms with E-state index in [9.17, 15) is 18.8 Å². The van der Waals surface area contributed by atoms with Crippen LogP contribution in [0.5, 0.6) is 5.75 Å². The molecule has 10 heteroatoms. The van der Waals surface area contributed by atoms with Gasteiger partial charge >= 0.3 is 6.03 Å². The number of anilines is 1. The van der Waals surface area contributed by atoms with Crippen molar-refractivity contribution in [2.45, 2.75) is 6.61 Å². The quantitative estimate of drug-likeness (QED) is 0.299. The molecule has 172 valence electrons. The lowest BCUT2D eigenvalue weighted by Gasteiger charge is -2.26. The minimum absolute atomic E-state index is 0.134. The molecule has 1 heterocycles. The molecule has 0 aromatic heterocycles. The van der Waals surface area contributed by atoms with Crippen molar-refractivity contribution in [2.75, 3.05) is 4.90 Å². The van der Waals surface area contributed by atoms with Crippen LogP contribution in [0, 0.1) is 5.82 Å². The molecule has 0 radical (unpaired) electrons. The molecule has 4 rings (SSSR count). The lowest BCUT2D eigenvalue weighted by atomic mass is 10.1. The van der Waals surface area contributed by atoms with Crippen LogP contribution in [-0.2, 0) is 16.2 Å². The minimum Gasteiger partial charge on any atom is -0.488 e. The van der Waals surface area contributed by atoms with Crippen LogP contribution >= 0.6 is 39.1 Å². The van der Waals surface area contributed by atoms with Gasteiger partial charge in [0.15, 0.2) is 0 Å². The zero-order chi connectivity index (χ0) is 24.4. The van der Waals surface area contributed by atoms with Gasteiger partial charge in [-0.25, -0.2) is 14.1 Å². The van der Waals surface area contributed by atoms with Crippen molar-refractivity contribution in [1.29, 1.82) is 0 Å². The first-order chi connectivity index (χ1) is 16.2. The van der Waals surface area contributed by atoms with Crippen LogP contribution < -0.4 is 15.0 Å². The molecule has 4 amide bonds. The zero-order valence-corrected chi connectivity index (χ0v) is 20.2. The maximum atomic E-state index is 13.2. The highest BCUT2D eigenvalue weighted by Gasteiger charge is 2.36. The molecule has 0 aliphatic carbocycles. The van der Waals surface area contributed by atoms with Gasteiger partial charge < -0.3 is 4.74 Å². The summed E-state index contributed by atoms with van der Waals surface area (Å²) < 4.78 is 19.6. The third-order valence-corrected chi connectivity index (χ3v) is 6.19. The van der Waals surface area contributed by atoms with E-state index in [1.807, 2.05) is 0 Å². The second-order valence-corrected chi connectivity index (χ2v) is 8.83. The van der Waals surface area contributed by atoms with Crippen molar-refractivity contribution in [3.05, 3.63) is 97.7 Å². The summed E-state index contributed by atoms with van der Waals surface area (Å²) in [5, 5.41) is 3.00. The highest BCUT2D eigenvalue weighted by molar-refractivity contribution is 9.10. The predicted molar refractivity (Wildman–Crippen MR) is 130 cm³/mol. The fraction of sp³-hybridized carbons (Fsp3) is 0.0417. The maximum Gasteiger partial charge on any atom is 0.335 e. The van der Waals surface area contributed by atoms with E-state index in [2.05, 4.69) is 21.2 Å². The summed E-state index contributed by atoms with van der Waals surface area (Å²) in [6, 6.07) is 14.0. The highest BCUT2D eigenvalue weighted by Crippen LogP contribution is 2.30. The fourth-order valence-corrected chi connectivity index (χ4v) is 3.99. The van der Waals surface area contributed by atoms with E-state index in [4.69, 9.17) is 27.9 Å². The number of hydrogen-bond acceptors (Lipinski definition) is 4. The van der Waals surface area contributed by atoms with Crippen LogP contribution in [0.15, 0.2) is 70.7 Å². The summed E-state index contributed by atoms with van der Waals surface area (Å²) in [7, 11) is 0. The molecule has 1 N–H and O–H groups in total. The third kappa shape index (κ3) is 5.14. The van der Waals surface area contributed by atoms with Crippen molar-refractivity contribution in [3.63, 3.8) is 0 Å². The van der Waals surface area contributed by atoms with E-state index in [-0.39, 0.29) is 17.9 Å². The molecule has 6 nitrogen and oxygen atoms in total. The maximum absolute atomic E-state index is 13.2. The van der Waals surface area contributed by atoms with Gasteiger partial charge in [-0.3, -0.25) is 14.9 Å². The Balaban J connectivity index is 1.55. The third-order valence-electron chi connectivity index (χ3n) is 4.83. The number of carbonyl (C=O) groups is 3. The second-order valence-electron chi connectivity index (χ2n) is 7.16. The van der Waals surface area contributed by atoms with Crippen LogP contribution in [0.3, 0.4) is 0 Å². The number of barbiturate groups is 1. The van der Waals surface area contributed by atoms with Gasteiger partial charge in [0, 0.05) is 0 Å². The van der Waals surface area contributed by atoms with Gasteiger partial charge in [-0.2, -0.15) is 0 Å². The molecule has 34 heavy (non-hydrogen) atoms. The first-order valence-corrected chi connectivity index (χ1v) is 11.3. The number of ether oxygens (including phenoxy) is 1. The van der Waals surface area contributed by atoms with Crippen molar-refractivity contribution in [3.8, 4) is 5.75 Å². The standard InChI is InChI=1S/C24H14BrCl2FN2O4/c25-18-10-13(2-8-21(18)34-12-14-1-7-19(26)20(27)11-14)9-17-22(31)29-24(33)30(23(17)32)16-5-3-15(28)4-6-16/h1-11H,12H2,(H,29,31,33)/b17-9+. The molecular formula is C24H14BrCl2FN2O4. The van der Waals surface area contributed by atoms with Crippen molar-refractivity contribution >= 4 is 68.7 Å². The monoisotopic (exact) mass is 562 g/mol. The van der Waals surface area contributed by atoms with Gasteiger partial charge in [0.05, 0.1) is 20.2 Å². The SMILES string of the molecule is O=C1NC(=O)N(c2ccc(F)cc2)C(=O)/C1=C/c1ccc(OCc2ccc(Cl)c(Cl)c2)c(Br)c1. The number of nitrogens with zero attached hydrogens (tertiary/aromatic N) is 1. The second kappa shape index (κ2) is 9.97. The van der Waals surface area contributed by atoms with Crippen LogP contribution in [0.1, 0.15) is 11.1 Å². The Labute approximate surface area is 212 Å². The van der Waals surface area contributed by atoms with E-state index in [0.29, 0.717) is 25.8 Å². The Morgan fingerprint density at radius 3 is 2.38 bits per heavy atom. The first kappa shape index (κ1) is 23.9. The molecule has 1 aliphatic heterocycles. The van der Waals surface area contributed by atoms with E-state index in [1.165, 1.54) is 18.2 Å². The summed E-state index contributed by atoms with van der Waals surface area (Å²) >= 11 is 15.4. The summed E-state index contributed by atoms with van der Waals surface area (Å²) in [6.07, 6.45) is 1.36. The van der Waals surface area contributed by atoms with Crippen molar-refractivity contribution < 1.29 is 23.5 Å². The molecule has 0 atom stereocenters. The summed E-state index contributed by atoms with van der Waals surface area (Å²) in [6.45, 7) is 0.242. The molecule has 0 unspecified atom stereocenters. The molecule has 3 aromatic carbocycles. The van der Waals surface area contributed by atoms with Crippen LogP contribution in [0.2, 0.25) is 10.0 Å². The number of amides is 4. The number of halogens is 4. The Bertz CT molecular complexity index is 1350. The van der Waals surface area contributed by atoms with Gasteiger partial charge in [-0.15, -0.1) is 0 Å². The average molecular weight is 564 g/mol. The molecule has 0 bridgehead atoms. The minimum atomic E-state index is -0.911. The van der Waals surface area contributed by atoms with Gasteiger partial charge in [0.25, 0.3) is 11.8 Å².